The number of carbonyl (C=O) groups excluding carboxylic acids is 1. The van der Waals surface area contributed by atoms with Crippen molar-refractivity contribution in [3.63, 3.8) is 0 Å². The summed E-state index contributed by atoms with van der Waals surface area (Å²) < 4.78 is 0. The highest BCUT2D eigenvalue weighted by molar-refractivity contribution is 6.31. The predicted molar refractivity (Wildman–Crippen MR) is 93.1 cm³/mol. The summed E-state index contributed by atoms with van der Waals surface area (Å²) in [6.07, 6.45) is 4.79. The van der Waals surface area contributed by atoms with Crippen LogP contribution in [-0.2, 0) is 0 Å². The number of amides is 1. The van der Waals surface area contributed by atoms with Gasteiger partial charge < -0.3 is 10.2 Å². The molecule has 1 amide bonds. The van der Waals surface area contributed by atoms with Crippen LogP contribution in [-0.4, -0.2) is 37.0 Å². The number of likely N-dealkylation sites (tertiary alicyclic amines) is 1. The van der Waals surface area contributed by atoms with E-state index < -0.39 is 0 Å². The lowest BCUT2D eigenvalue weighted by molar-refractivity contribution is 0.0495. The summed E-state index contributed by atoms with van der Waals surface area (Å²) >= 11 is 6.14. The molecule has 22 heavy (non-hydrogen) atoms. The number of carbonyl (C=O) groups is 1. The van der Waals surface area contributed by atoms with Gasteiger partial charge in [-0.25, -0.2) is 0 Å². The van der Waals surface area contributed by atoms with Crippen LogP contribution in [0.25, 0.3) is 0 Å². The monoisotopic (exact) mass is 342 g/mol. The van der Waals surface area contributed by atoms with Gasteiger partial charge in [0, 0.05) is 23.7 Å². The third kappa shape index (κ3) is 3.42. The molecular weight excluding hydrogens is 319 g/mol. The maximum Gasteiger partial charge on any atom is 0.254 e. The van der Waals surface area contributed by atoms with Crippen LogP contribution in [0, 0.1) is 12.3 Å². The van der Waals surface area contributed by atoms with Crippen LogP contribution in [0.4, 0.5) is 0 Å². The van der Waals surface area contributed by atoms with Crippen molar-refractivity contribution in [3.05, 3.63) is 34.3 Å². The van der Waals surface area contributed by atoms with Crippen molar-refractivity contribution in [2.75, 3.05) is 26.2 Å². The van der Waals surface area contributed by atoms with Crippen molar-refractivity contribution in [1.29, 1.82) is 0 Å². The molecule has 1 spiro atoms. The van der Waals surface area contributed by atoms with Gasteiger partial charge in [-0.1, -0.05) is 17.7 Å². The topological polar surface area (TPSA) is 32.3 Å². The van der Waals surface area contributed by atoms with Gasteiger partial charge in [0.15, 0.2) is 0 Å². The summed E-state index contributed by atoms with van der Waals surface area (Å²) in [5.74, 6) is 0.138. The van der Waals surface area contributed by atoms with E-state index in [1.165, 1.54) is 12.8 Å². The first-order valence-electron chi connectivity index (χ1n) is 7.86. The van der Waals surface area contributed by atoms with Crippen molar-refractivity contribution in [2.24, 2.45) is 5.41 Å². The molecule has 2 aliphatic heterocycles. The summed E-state index contributed by atoms with van der Waals surface area (Å²) in [4.78, 5) is 14.7. The molecule has 1 aromatic carbocycles. The first kappa shape index (κ1) is 17.6. The van der Waals surface area contributed by atoms with E-state index in [0.717, 1.165) is 50.1 Å². The van der Waals surface area contributed by atoms with E-state index >= 15 is 0 Å². The van der Waals surface area contributed by atoms with E-state index in [0.29, 0.717) is 10.4 Å². The second-order valence-electron chi connectivity index (χ2n) is 6.45. The average Bonchev–Trinajstić information content (AvgIpc) is 2.51. The zero-order valence-electron chi connectivity index (χ0n) is 13.0. The Balaban J connectivity index is 0.00000176. The molecule has 3 nitrogen and oxygen atoms in total. The van der Waals surface area contributed by atoms with Crippen molar-refractivity contribution in [1.82, 2.24) is 10.2 Å². The van der Waals surface area contributed by atoms with E-state index in [9.17, 15) is 4.79 Å². The van der Waals surface area contributed by atoms with Crippen molar-refractivity contribution in [2.45, 2.75) is 32.6 Å². The molecule has 122 valence electrons. The van der Waals surface area contributed by atoms with Gasteiger partial charge in [-0.2, -0.15) is 0 Å². The van der Waals surface area contributed by atoms with Crippen LogP contribution in [0.5, 0.6) is 0 Å². The highest BCUT2D eigenvalue weighted by atomic mass is 35.5. The summed E-state index contributed by atoms with van der Waals surface area (Å²) in [5, 5.41) is 4.11. The Morgan fingerprint density at radius 1 is 1.18 bits per heavy atom. The van der Waals surface area contributed by atoms with Gasteiger partial charge in [0.2, 0.25) is 0 Å². The number of benzene rings is 1. The molecule has 2 heterocycles. The summed E-state index contributed by atoms with van der Waals surface area (Å²) in [6, 6.07) is 5.59. The van der Waals surface area contributed by atoms with Gasteiger partial charge >= 0.3 is 0 Å². The maximum absolute atomic E-state index is 12.7. The molecule has 3 rings (SSSR count). The first-order chi connectivity index (χ1) is 10.1. The molecular formula is C17H24Cl2N2O. The smallest absolute Gasteiger partial charge is 0.254 e. The number of piperidine rings is 2. The molecule has 5 heteroatoms. The molecule has 0 bridgehead atoms. The fourth-order valence-electron chi connectivity index (χ4n) is 3.65. The molecule has 0 radical (unpaired) electrons. The first-order valence-corrected chi connectivity index (χ1v) is 8.24. The third-order valence-electron chi connectivity index (χ3n) is 5.27. The van der Waals surface area contributed by atoms with Crippen LogP contribution in [0.3, 0.4) is 0 Å². The fraction of sp³-hybridized carbons (Fsp3) is 0.588. The number of nitrogens with zero attached hydrogens (tertiary/aromatic N) is 1. The Kier molecular flexibility index (Phi) is 5.76. The molecule has 0 unspecified atom stereocenters. The van der Waals surface area contributed by atoms with Crippen LogP contribution in [0.15, 0.2) is 18.2 Å². The van der Waals surface area contributed by atoms with Crippen LogP contribution in [0.1, 0.15) is 41.6 Å². The average molecular weight is 343 g/mol. The summed E-state index contributed by atoms with van der Waals surface area (Å²) in [6.45, 7) is 5.94. The predicted octanol–water partition coefficient (Wildman–Crippen LogP) is 3.68. The van der Waals surface area contributed by atoms with Gasteiger partial charge in [-0.3, -0.25) is 4.79 Å². The molecule has 1 aromatic rings. The van der Waals surface area contributed by atoms with Gasteiger partial charge in [0.25, 0.3) is 5.91 Å². The molecule has 2 aliphatic rings. The van der Waals surface area contributed by atoms with Crippen molar-refractivity contribution < 1.29 is 4.79 Å². The normalized spacial score (nSPS) is 20.5. The van der Waals surface area contributed by atoms with Gasteiger partial charge in [-0.15, -0.1) is 12.4 Å². The van der Waals surface area contributed by atoms with Crippen LogP contribution < -0.4 is 5.32 Å². The van der Waals surface area contributed by atoms with Gasteiger partial charge in [0.1, 0.15) is 0 Å². The second-order valence-corrected chi connectivity index (χ2v) is 6.86. The van der Waals surface area contributed by atoms with Crippen LogP contribution >= 0.6 is 24.0 Å². The van der Waals surface area contributed by atoms with Crippen molar-refractivity contribution in [3.8, 4) is 0 Å². The van der Waals surface area contributed by atoms with Gasteiger partial charge in [-0.05, 0) is 68.8 Å². The molecule has 2 fully saturated rings. The number of rotatable bonds is 1. The molecule has 2 saturated heterocycles. The Hall–Kier alpha value is -0.770. The summed E-state index contributed by atoms with van der Waals surface area (Å²) in [7, 11) is 0. The Bertz CT molecular complexity index is 531. The minimum atomic E-state index is 0. The molecule has 1 N–H and O–H groups in total. The second kappa shape index (κ2) is 7.20. The number of hydrogen-bond donors (Lipinski definition) is 1. The lowest BCUT2D eigenvalue weighted by Gasteiger charge is -2.44. The Morgan fingerprint density at radius 2 is 1.82 bits per heavy atom. The Labute approximate surface area is 143 Å². The highest BCUT2D eigenvalue weighted by Gasteiger charge is 2.37. The van der Waals surface area contributed by atoms with E-state index in [-0.39, 0.29) is 18.3 Å². The Morgan fingerprint density at radius 3 is 2.45 bits per heavy atom. The maximum atomic E-state index is 12.7. The zero-order chi connectivity index (χ0) is 14.9. The van der Waals surface area contributed by atoms with Gasteiger partial charge in [0.05, 0.1) is 0 Å². The van der Waals surface area contributed by atoms with E-state index in [1.54, 1.807) is 0 Å². The number of halogens is 2. The lowest BCUT2D eigenvalue weighted by Crippen LogP contribution is -2.47. The SMILES string of the molecule is Cc1c(Cl)cccc1C(=O)N1CCC2(CCNCC2)CC1.Cl. The van der Waals surface area contributed by atoms with E-state index in [1.807, 2.05) is 30.0 Å². The molecule has 0 saturated carbocycles. The quantitative estimate of drug-likeness (QED) is 0.844. The van der Waals surface area contributed by atoms with E-state index in [2.05, 4.69) is 5.32 Å². The van der Waals surface area contributed by atoms with Crippen molar-refractivity contribution >= 4 is 29.9 Å². The highest BCUT2D eigenvalue weighted by Crippen LogP contribution is 2.39. The number of nitrogens with one attached hydrogen (secondary N) is 1. The lowest BCUT2D eigenvalue weighted by atomic mass is 9.71. The largest absolute Gasteiger partial charge is 0.339 e. The number of hydrogen-bond acceptors (Lipinski definition) is 2. The molecule has 0 aromatic heterocycles. The molecule has 0 aliphatic carbocycles. The fourth-order valence-corrected chi connectivity index (χ4v) is 3.83. The van der Waals surface area contributed by atoms with Crippen LogP contribution in [0.2, 0.25) is 5.02 Å². The minimum Gasteiger partial charge on any atom is -0.339 e. The standard InChI is InChI=1S/C17H23ClN2O.ClH/c1-13-14(3-2-4-15(13)18)16(21)20-11-7-17(8-12-20)5-9-19-10-6-17;/h2-4,19H,5-12H2,1H3;1H. The molecule has 0 atom stereocenters. The zero-order valence-corrected chi connectivity index (χ0v) is 14.6. The summed E-state index contributed by atoms with van der Waals surface area (Å²) in [5.41, 5.74) is 2.13. The minimum absolute atomic E-state index is 0. The third-order valence-corrected chi connectivity index (χ3v) is 5.68. The van der Waals surface area contributed by atoms with E-state index in [4.69, 9.17) is 11.6 Å².